The first-order valence-electron chi connectivity index (χ1n) is 10.1. The third-order valence-electron chi connectivity index (χ3n) is 5.10. The second kappa shape index (κ2) is 9.01. The number of hydrogen-bond donors (Lipinski definition) is 2. The highest BCUT2D eigenvalue weighted by Gasteiger charge is 2.31. The predicted octanol–water partition coefficient (Wildman–Crippen LogP) is 3.08. The summed E-state index contributed by atoms with van der Waals surface area (Å²) in [7, 11) is -7.20. The first-order valence-corrected chi connectivity index (χ1v) is 13.2. The second-order valence-electron chi connectivity index (χ2n) is 7.50. The van der Waals surface area contributed by atoms with Crippen molar-refractivity contribution in [1.82, 2.24) is 4.31 Å². The predicted molar refractivity (Wildman–Crippen MR) is 118 cm³/mol. The molecule has 0 atom stereocenters. The van der Waals surface area contributed by atoms with Crippen LogP contribution in [0.2, 0.25) is 0 Å². The fourth-order valence-electron chi connectivity index (χ4n) is 3.45. The molecule has 0 radical (unpaired) electrons. The van der Waals surface area contributed by atoms with Crippen molar-refractivity contribution < 1.29 is 26.0 Å². The molecule has 1 aliphatic rings. The standard InChI is InChI=1S/C20H27N3O6S2/c1-4-12-30(25,26)22-17-9-7-8-16(14(17)2)21-20(24)18-13-19(15(3)29-18)31(27,28)23-10-5-6-11-23/h7-9,13,22H,4-6,10-12H2,1-3H3,(H,21,24). The van der Waals surface area contributed by atoms with Gasteiger partial charge in [-0.15, -0.1) is 0 Å². The number of amides is 1. The molecule has 0 bridgehead atoms. The smallest absolute Gasteiger partial charge is 0.291 e. The topological polar surface area (TPSA) is 126 Å². The summed E-state index contributed by atoms with van der Waals surface area (Å²) in [6, 6.07) is 6.09. The van der Waals surface area contributed by atoms with Crippen LogP contribution in [0.25, 0.3) is 0 Å². The molecule has 1 aliphatic heterocycles. The minimum Gasteiger partial charge on any atom is -0.455 e. The highest BCUT2D eigenvalue weighted by Crippen LogP contribution is 2.28. The number of carbonyl (C=O) groups excluding carboxylic acids is 1. The molecule has 1 aromatic heterocycles. The van der Waals surface area contributed by atoms with Gasteiger partial charge in [-0.3, -0.25) is 9.52 Å². The molecule has 1 fully saturated rings. The van der Waals surface area contributed by atoms with E-state index in [9.17, 15) is 21.6 Å². The molecular weight excluding hydrogens is 442 g/mol. The van der Waals surface area contributed by atoms with Crippen molar-refractivity contribution >= 4 is 37.3 Å². The van der Waals surface area contributed by atoms with Crippen molar-refractivity contribution in [3.05, 3.63) is 41.3 Å². The van der Waals surface area contributed by atoms with Crippen LogP contribution in [0.1, 0.15) is 48.1 Å². The van der Waals surface area contributed by atoms with Gasteiger partial charge in [0.1, 0.15) is 10.7 Å². The fourth-order valence-corrected chi connectivity index (χ4v) is 6.33. The monoisotopic (exact) mass is 469 g/mol. The van der Waals surface area contributed by atoms with Crippen LogP contribution in [0.5, 0.6) is 0 Å². The molecule has 1 amide bonds. The van der Waals surface area contributed by atoms with E-state index in [4.69, 9.17) is 4.42 Å². The van der Waals surface area contributed by atoms with E-state index in [0.29, 0.717) is 36.4 Å². The van der Waals surface area contributed by atoms with Crippen molar-refractivity contribution in [1.29, 1.82) is 0 Å². The summed E-state index contributed by atoms with van der Waals surface area (Å²) < 4.78 is 59.1. The van der Waals surface area contributed by atoms with Gasteiger partial charge in [-0.1, -0.05) is 13.0 Å². The lowest BCUT2D eigenvalue weighted by atomic mass is 10.1. The average molecular weight is 470 g/mol. The lowest BCUT2D eigenvalue weighted by molar-refractivity contribution is 0.0995. The molecule has 0 spiro atoms. The van der Waals surface area contributed by atoms with Crippen molar-refractivity contribution in [3.63, 3.8) is 0 Å². The van der Waals surface area contributed by atoms with E-state index in [1.54, 1.807) is 32.0 Å². The van der Waals surface area contributed by atoms with Crippen molar-refractivity contribution in [2.24, 2.45) is 0 Å². The lowest BCUT2D eigenvalue weighted by Gasteiger charge is -2.14. The van der Waals surface area contributed by atoms with Crippen LogP contribution in [0.15, 0.2) is 33.6 Å². The quantitative estimate of drug-likeness (QED) is 0.612. The van der Waals surface area contributed by atoms with Gasteiger partial charge in [-0.25, -0.2) is 16.8 Å². The van der Waals surface area contributed by atoms with Crippen molar-refractivity contribution in [2.75, 3.05) is 28.9 Å². The zero-order valence-electron chi connectivity index (χ0n) is 17.8. The van der Waals surface area contributed by atoms with Crippen LogP contribution in [-0.2, 0) is 20.0 Å². The van der Waals surface area contributed by atoms with Gasteiger partial charge in [0.15, 0.2) is 5.76 Å². The number of hydrogen-bond acceptors (Lipinski definition) is 6. The molecular formula is C20H27N3O6S2. The van der Waals surface area contributed by atoms with Gasteiger partial charge in [-0.2, -0.15) is 4.31 Å². The highest BCUT2D eigenvalue weighted by atomic mass is 32.2. The van der Waals surface area contributed by atoms with E-state index in [0.717, 1.165) is 12.8 Å². The summed E-state index contributed by atoms with van der Waals surface area (Å²) in [6.45, 7) is 5.86. The highest BCUT2D eigenvalue weighted by molar-refractivity contribution is 7.92. The number of benzene rings is 1. The number of nitrogens with one attached hydrogen (secondary N) is 2. The number of sulfonamides is 2. The van der Waals surface area contributed by atoms with Crippen LogP contribution in [0, 0.1) is 13.8 Å². The van der Waals surface area contributed by atoms with E-state index < -0.39 is 26.0 Å². The van der Waals surface area contributed by atoms with Gasteiger partial charge < -0.3 is 9.73 Å². The van der Waals surface area contributed by atoms with Gasteiger partial charge in [0, 0.05) is 24.8 Å². The Morgan fingerprint density at radius 2 is 1.74 bits per heavy atom. The van der Waals surface area contributed by atoms with E-state index in [1.165, 1.54) is 17.3 Å². The lowest BCUT2D eigenvalue weighted by Crippen LogP contribution is -2.28. The van der Waals surface area contributed by atoms with Gasteiger partial charge in [0.2, 0.25) is 20.0 Å². The Morgan fingerprint density at radius 3 is 2.39 bits per heavy atom. The van der Waals surface area contributed by atoms with Gasteiger partial charge in [-0.05, 0) is 50.8 Å². The molecule has 1 aromatic carbocycles. The Kier molecular flexibility index (Phi) is 6.77. The Bertz CT molecular complexity index is 1180. The zero-order chi connectivity index (χ0) is 22.8. The van der Waals surface area contributed by atoms with Gasteiger partial charge in [0.25, 0.3) is 5.91 Å². The van der Waals surface area contributed by atoms with E-state index in [-0.39, 0.29) is 22.2 Å². The number of nitrogens with zero attached hydrogens (tertiary/aromatic N) is 1. The van der Waals surface area contributed by atoms with Crippen LogP contribution in [-0.4, -0.2) is 45.9 Å². The summed E-state index contributed by atoms with van der Waals surface area (Å²) in [4.78, 5) is 12.7. The third-order valence-corrected chi connectivity index (χ3v) is 8.58. The fraction of sp³-hybridized carbons (Fsp3) is 0.450. The number of furan rings is 1. The molecule has 0 unspecified atom stereocenters. The molecule has 2 aromatic rings. The first-order chi connectivity index (χ1) is 14.5. The molecule has 3 rings (SSSR count). The van der Waals surface area contributed by atoms with Gasteiger partial charge >= 0.3 is 0 Å². The number of rotatable bonds is 8. The number of aryl methyl sites for hydroxylation is 1. The zero-order valence-corrected chi connectivity index (χ0v) is 19.4. The SMILES string of the molecule is CCCS(=O)(=O)Nc1cccc(NC(=O)c2cc(S(=O)(=O)N3CCCC3)c(C)o2)c1C. The Labute approximate surface area is 182 Å². The average Bonchev–Trinajstić information content (AvgIpc) is 3.35. The summed E-state index contributed by atoms with van der Waals surface area (Å²) in [6.07, 6.45) is 2.09. The Hall–Kier alpha value is -2.37. The summed E-state index contributed by atoms with van der Waals surface area (Å²) >= 11 is 0. The minimum atomic E-state index is -3.71. The van der Waals surface area contributed by atoms with Crippen LogP contribution in [0.4, 0.5) is 11.4 Å². The Balaban J connectivity index is 1.82. The molecule has 11 heteroatoms. The van der Waals surface area contributed by atoms with Crippen LogP contribution < -0.4 is 10.0 Å². The molecule has 9 nitrogen and oxygen atoms in total. The summed E-state index contributed by atoms with van der Waals surface area (Å²) in [5.74, 6) is -0.618. The summed E-state index contributed by atoms with van der Waals surface area (Å²) in [5, 5.41) is 2.67. The number of carbonyl (C=O) groups is 1. The molecule has 31 heavy (non-hydrogen) atoms. The minimum absolute atomic E-state index is 0.0109. The molecule has 170 valence electrons. The van der Waals surface area contributed by atoms with Crippen LogP contribution >= 0.6 is 0 Å². The summed E-state index contributed by atoms with van der Waals surface area (Å²) in [5.41, 5.74) is 1.28. The Morgan fingerprint density at radius 1 is 1.10 bits per heavy atom. The maximum Gasteiger partial charge on any atom is 0.291 e. The second-order valence-corrected chi connectivity index (χ2v) is 11.2. The molecule has 2 heterocycles. The van der Waals surface area contributed by atoms with Crippen molar-refractivity contribution in [3.8, 4) is 0 Å². The molecule has 0 saturated carbocycles. The van der Waals surface area contributed by atoms with Crippen molar-refractivity contribution in [2.45, 2.75) is 44.9 Å². The molecule has 0 aliphatic carbocycles. The maximum atomic E-state index is 12.8. The largest absolute Gasteiger partial charge is 0.455 e. The number of anilines is 2. The normalized spacial score (nSPS) is 15.2. The van der Waals surface area contributed by atoms with E-state index in [1.807, 2.05) is 0 Å². The van der Waals surface area contributed by atoms with Crippen LogP contribution in [0.3, 0.4) is 0 Å². The van der Waals surface area contributed by atoms with E-state index in [2.05, 4.69) is 10.0 Å². The molecule has 2 N–H and O–H groups in total. The third kappa shape index (κ3) is 5.10. The first kappa shape index (κ1) is 23.3. The van der Waals surface area contributed by atoms with Gasteiger partial charge in [0.05, 0.1) is 11.4 Å². The molecule has 1 saturated heterocycles. The van der Waals surface area contributed by atoms with E-state index >= 15 is 0 Å². The maximum absolute atomic E-state index is 12.8.